The highest BCUT2D eigenvalue weighted by Gasteiger charge is 2.41. The summed E-state index contributed by atoms with van der Waals surface area (Å²) in [5, 5.41) is 3.79. The second kappa shape index (κ2) is 5.98. The highest BCUT2D eigenvalue weighted by molar-refractivity contribution is 9.10. The molecule has 1 aromatic heterocycles. The molecule has 0 amide bonds. The minimum absolute atomic E-state index is 0.305. The van der Waals surface area contributed by atoms with E-state index in [4.69, 9.17) is 0 Å². The normalized spacial score (nSPS) is 27.8. The first kappa shape index (κ1) is 15.4. The molecule has 2 unspecified atom stereocenters. The lowest BCUT2D eigenvalue weighted by Gasteiger charge is -2.45. The fraction of sp³-hybridized carbons (Fsp3) is 0.706. The Morgan fingerprint density at radius 2 is 2.10 bits per heavy atom. The average Bonchev–Trinajstić information content (AvgIpc) is 3.25. The van der Waals surface area contributed by atoms with Crippen LogP contribution in [0.5, 0.6) is 0 Å². The third-order valence-electron chi connectivity index (χ3n) is 4.82. The Morgan fingerprint density at radius 3 is 2.67 bits per heavy atom. The number of piperazine rings is 1. The van der Waals surface area contributed by atoms with Crippen LogP contribution < -0.4 is 5.32 Å². The summed E-state index contributed by atoms with van der Waals surface area (Å²) in [4.78, 5) is 7.23. The van der Waals surface area contributed by atoms with Crippen molar-refractivity contribution in [2.45, 2.75) is 52.2 Å². The van der Waals surface area contributed by atoms with E-state index in [-0.39, 0.29) is 0 Å². The molecule has 0 aromatic carbocycles. The Labute approximate surface area is 136 Å². The smallest absolute Gasteiger partial charge is 0.0544 e. The predicted octanol–water partition coefficient (Wildman–Crippen LogP) is 3.44. The van der Waals surface area contributed by atoms with Crippen molar-refractivity contribution < 1.29 is 0 Å². The van der Waals surface area contributed by atoms with E-state index in [1.807, 2.05) is 6.20 Å². The van der Waals surface area contributed by atoms with Gasteiger partial charge in [0.25, 0.3) is 0 Å². The summed E-state index contributed by atoms with van der Waals surface area (Å²) in [5.74, 6) is 0.897. The molecule has 0 spiro atoms. The van der Waals surface area contributed by atoms with E-state index >= 15 is 0 Å². The van der Waals surface area contributed by atoms with Gasteiger partial charge < -0.3 is 5.32 Å². The molecule has 2 atom stereocenters. The maximum Gasteiger partial charge on any atom is 0.0544 e. The summed E-state index contributed by atoms with van der Waals surface area (Å²) >= 11 is 3.47. The van der Waals surface area contributed by atoms with Crippen molar-refractivity contribution in [3.63, 3.8) is 0 Å². The van der Waals surface area contributed by atoms with E-state index in [1.54, 1.807) is 0 Å². The molecule has 21 heavy (non-hydrogen) atoms. The fourth-order valence-electron chi connectivity index (χ4n) is 3.24. The lowest BCUT2D eigenvalue weighted by Crippen LogP contribution is -2.60. The average molecular weight is 352 g/mol. The molecule has 0 radical (unpaired) electrons. The van der Waals surface area contributed by atoms with Crippen LogP contribution in [0.4, 0.5) is 0 Å². The van der Waals surface area contributed by atoms with E-state index in [9.17, 15) is 0 Å². The Morgan fingerprint density at radius 1 is 1.33 bits per heavy atom. The SMILES string of the molecule is CC(C)(C)C1CN(Cc2ccc(Br)cn2)C(C2CC2)CN1. The predicted molar refractivity (Wildman–Crippen MR) is 90.1 cm³/mol. The van der Waals surface area contributed by atoms with Gasteiger partial charge in [-0.15, -0.1) is 0 Å². The third-order valence-corrected chi connectivity index (χ3v) is 5.29. The lowest BCUT2D eigenvalue weighted by molar-refractivity contribution is 0.0679. The largest absolute Gasteiger partial charge is 0.311 e. The molecule has 3 rings (SSSR count). The minimum atomic E-state index is 0.305. The van der Waals surface area contributed by atoms with E-state index in [0.29, 0.717) is 17.5 Å². The van der Waals surface area contributed by atoms with Crippen molar-refractivity contribution in [3.8, 4) is 0 Å². The van der Waals surface area contributed by atoms with Crippen molar-refractivity contribution in [2.24, 2.45) is 11.3 Å². The number of aromatic nitrogens is 1. The lowest BCUT2D eigenvalue weighted by atomic mass is 9.84. The van der Waals surface area contributed by atoms with Crippen LogP contribution in [0.15, 0.2) is 22.8 Å². The first-order chi connectivity index (χ1) is 9.93. The van der Waals surface area contributed by atoms with Crippen molar-refractivity contribution in [3.05, 3.63) is 28.5 Å². The molecule has 116 valence electrons. The van der Waals surface area contributed by atoms with Gasteiger partial charge in [-0.25, -0.2) is 0 Å². The molecule has 3 nitrogen and oxygen atoms in total. The van der Waals surface area contributed by atoms with E-state index in [1.165, 1.54) is 18.5 Å². The number of hydrogen-bond acceptors (Lipinski definition) is 3. The van der Waals surface area contributed by atoms with Gasteiger partial charge >= 0.3 is 0 Å². The summed E-state index contributed by atoms with van der Waals surface area (Å²) in [5.41, 5.74) is 1.48. The Kier molecular flexibility index (Phi) is 4.40. The topological polar surface area (TPSA) is 28.2 Å². The number of rotatable bonds is 3. The second-order valence-corrected chi connectivity index (χ2v) is 8.54. The zero-order valence-corrected chi connectivity index (χ0v) is 14.9. The molecule has 2 aliphatic rings. The van der Waals surface area contributed by atoms with Gasteiger partial charge in [-0.1, -0.05) is 20.8 Å². The van der Waals surface area contributed by atoms with Crippen LogP contribution in [0.25, 0.3) is 0 Å². The number of nitrogens with zero attached hydrogens (tertiary/aromatic N) is 2. The Bertz CT molecular complexity index is 476. The van der Waals surface area contributed by atoms with Gasteiger partial charge in [-0.05, 0) is 52.2 Å². The fourth-order valence-corrected chi connectivity index (χ4v) is 3.48. The molecule has 1 aliphatic carbocycles. The van der Waals surface area contributed by atoms with Crippen LogP contribution in [-0.2, 0) is 6.54 Å². The van der Waals surface area contributed by atoms with E-state index < -0.39 is 0 Å². The monoisotopic (exact) mass is 351 g/mol. The highest BCUT2D eigenvalue weighted by Crippen LogP contribution is 2.38. The molecule has 0 bridgehead atoms. The quantitative estimate of drug-likeness (QED) is 0.903. The summed E-state index contributed by atoms with van der Waals surface area (Å²) < 4.78 is 1.05. The van der Waals surface area contributed by atoms with E-state index in [0.717, 1.165) is 30.0 Å². The van der Waals surface area contributed by atoms with Gasteiger partial charge in [0.2, 0.25) is 0 Å². The van der Waals surface area contributed by atoms with Crippen molar-refractivity contribution in [1.82, 2.24) is 15.2 Å². The molecule has 1 N–H and O–H groups in total. The number of nitrogens with one attached hydrogen (secondary N) is 1. The molecule has 2 fully saturated rings. The second-order valence-electron chi connectivity index (χ2n) is 7.63. The van der Waals surface area contributed by atoms with Crippen LogP contribution in [0.2, 0.25) is 0 Å². The van der Waals surface area contributed by atoms with Gasteiger partial charge in [0, 0.05) is 42.4 Å². The minimum Gasteiger partial charge on any atom is -0.311 e. The maximum atomic E-state index is 4.56. The van der Waals surface area contributed by atoms with Crippen LogP contribution in [0.1, 0.15) is 39.3 Å². The number of halogens is 1. The maximum absolute atomic E-state index is 4.56. The summed E-state index contributed by atoms with van der Waals surface area (Å²) in [6.07, 6.45) is 4.71. The van der Waals surface area contributed by atoms with Crippen molar-refractivity contribution in [1.29, 1.82) is 0 Å². The molecule has 1 aliphatic heterocycles. The summed E-state index contributed by atoms with van der Waals surface area (Å²) in [6.45, 7) is 10.2. The zero-order chi connectivity index (χ0) is 15.0. The van der Waals surface area contributed by atoms with Crippen LogP contribution >= 0.6 is 15.9 Å². The molecule has 1 saturated heterocycles. The number of hydrogen-bond donors (Lipinski definition) is 1. The first-order valence-corrected chi connectivity index (χ1v) is 8.80. The third kappa shape index (κ3) is 3.85. The molecular formula is C17H26BrN3. The van der Waals surface area contributed by atoms with Crippen LogP contribution in [0.3, 0.4) is 0 Å². The number of pyridine rings is 1. The molecule has 1 saturated carbocycles. The standard InChI is InChI=1S/C17H26BrN3/c1-17(2,3)16-11-21(15(9-20-16)12-4-5-12)10-14-7-6-13(18)8-19-14/h6-8,12,15-16,20H,4-5,9-11H2,1-3H3. The van der Waals surface area contributed by atoms with Crippen molar-refractivity contribution in [2.75, 3.05) is 13.1 Å². The highest BCUT2D eigenvalue weighted by atomic mass is 79.9. The molecule has 4 heteroatoms. The Balaban J connectivity index is 1.72. The first-order valence-electron chi connectivity index (χ1n) is 8.01. The van der Waals surface area contributed by atoms with Gasteiger partial charge in [-0.2, -0.15) is 0 Å². The van der Waals surface area contributed by atoms with Crippen LogP contribution in [0, 0.1) is 11.3 Å². The van der Waals surface area contributed by atoms with Gasteiger partial charge in [0.15, 0.2) is 0 Å². The summed E-state index contributed by atoms with van der Waals surface area (Å²) in [7, 11) is 0. The summed E-state index contributed by atoms with van der Waals surface area (Å²) in [6, 6.07) is 5.48. The van der Waals surface area contributed by atoms with Gasteiger partial charge in [-0.3, -0.25) is 9.88 Å². The van der Waals surface area contributed by atoms with Gasteiger partial charge in [0.1, 0.15) is 0 Å². The van der Waals surface area contributed by atoms with Crippen molar-refractivity contribution >= 4 is 15.9 Å². The molecule has 2 heterocycles. The zero-order valence-electron chi connectivity index (χ0n) is 13.3. The Hall–Kier alpha value is -0.450. The van der Waals surface area contributed by atoms with Crippen LogP contribution in [-0.4, -0.2) is 35.1 Å². The molecular weight excluding hydrogens is 326 g/mol. The van der Waals surface area contributed by atoms with Gasteiger partial charge in [0.05, 0.1) is 5.69 Å². The van der Waals surface area contributed by atoms with E-state index in [2.05, 4.69) is 64.0 Å². The molecule has 1 aromatic rings.